The molecule has 3 rings (SSSR count). The van der Waals surface area contributed by atoms with Crippen LogP contribution in [0.25, 0.3) is 0 Å². The topological polar surface area (TPSA) is 29.1 Å². The number of hydrogen-bond donors (Lipinski definition) is 1. The van der Waals surface area contributed by atoms with Crippen LogP contribution in [-0.2, 0) is 10.2 Å². The number of nitrogens with one attached hydrogen (secondary N) is 1. The first-order chi connectivity index (χ1) is 10.1. The molecule has 1 aliphatic rings. The summed E-state index contributed by atoms with van der Waals surface area (Å²) in [7, 11) is 0. The van der Waals surface area contributed by atoms with E-state index in [9.17, 15) is 4.79 Å². The first-order valence-electron chi connectivity index (χ1n) is 6.86. The average Bonchev–Trinajstić information content (AvgIpc) is 3.30. The maximum Gasteiger partial charge on any atom is 0.235 e. The molecule has 0 radical (unpaired) electrons. The van der Waals surface area contributed by atoms with E-state index in [1.807, 2.05) is 54.8 Å². The minimum atomic E-state index is -0.375. The Morgan fingerprint density at radius 2 is 1.90 bits per heavy atom. The van der Waals surface area contributed by atoms with Gasteiger partial charge in [0.2, 0.25) is 5.91 Å². The van der Waals surface area contributed by atoms with Crippen molar-refractivity contribution in [3.8, 4) is 0 Å². The minimum Gasteiger partial charge on any atom is -0.325 e. The van der Waals surface area contributed by atoms with Crippen molar-refractivity contribution in [2.24, 2.45) is 0 Å². The van der Waals surface area contributed by atoms with Crippen LogP contribution in [0.2, 0.25) is 5.02 Å². The molecule has 0 spiro atoms. The average molecular weight is 318 g/mol. The van der Waals surface area contributed by atoms with E-state index in [0.717, 1.165) is 29.0 Å². The molecule has 2 aromatic rings. The SMILES string of the molecule is CSc1cccc(NC(=O)C2(c3ccc(Cl)cc3)CC2)c1. The molecule has 0 aliphatic heterocycles. The summed E-state index contributed by atoms with van der Waals surface area (Å²) >= 11 is 7.59. The Hall–Kier alpha value is -1.45. The summed E-state index contributed by atoms with van der Waals surface area (Å²) in [6, 6.07) is 15.5. The van der Waals surface area contributed by atoms with Crippen molar-refractivity contribution in [3.05, 3.63) is 59.1 Å². The molecular weight excluding hydrogens is 302 g/mol. The van der Waals surface area contributed by atoms with Gasteiger partial charge in [0.1, 0.15) is 0 Å². The lowest BCUT2D eigenvalue weighted by Gasteiger charge is -2.16. The highest BCUT2D eigenvalue weighted by atomic mass is 35.5. The number of benzene rings is 2. The normalized spacial score (nSPS) is 15.5. The number of carbonyl (C=O) groups excluding carboxylic acids is 1. The predicted octanol–water partition coefficient (Wildman–Crippen LogP) is 4.73. The molecule has 0 saturated heterocycles. The zero-order valence-corrected chi connectivity index (χ0v) is 13.3. The van der Waals surface area contributed by atoms with Crippen LogP contribution in [0, 0.1) is 0 Å². The molecule has 0 atom stereocenters. The predicted molar refractivity (Wildman–Crippen MR) is 89.2 cm³/mol. The van der Waals surface area contributed by atoms with E-state index in [2.05, 4.69) is 5.32 Å². The molecule has 21 heavy (non-hydrogen) atoms. The fourth-order valence-electron chi connectivity index (χ4n) is 2.49. The molecule has 0 unspecified atom stereocenters. The molecule has 0 aromatic heterocycles. The summed E-state index contributed by atoms with van der Waals surface area (Å²) in [5.74, 6) is 0.0723. The Balaban J connectivity index is 1.80. The molecule has 1 saturated carbocycles. The second kappa shape index (κ2) is 5.74. The molecule has 2 nitrogen and oxygen atoms in total. The van der Waals surface area contributed by atoms with Crippen molar-refractivity contribution in [2.75, 3.05) is 11.6 Å². The highest BCUT2D eigenvalue weighted by Gasteiger charge is 2.51. The molecule has 0 heterocycles. The summed E-state index contributed by atoms with van der Waals surface area (Å²) in [5, 5.41) is 3.74. The first-order valence-corrected chi connectivity index (χ1v) is 8.46. The zero-order valence-electron chi connectivity index (χ0n) is 11.7. The molecule has 1 fully saturated rings. The molecular formula is C17H16ClNOS. The third kappa shape index (κ3) is 2.94. The Kier molecular flexibility index (Phi) is 3.96. The van der Waals surface area contributed by atoms with Gasteiger partial charge < -0.3 is 5.32 Å². The van der Waals surface area contributed by atoms with Crippen LogP contribution in [0.1, 0.15) is 18.4 Å². The highest BCUT2D eigenvalue weighted by Crippen LogP contribution is 2.49. The number of halogens is 1. The number of hydrogen-bond acceptors (Lipinski definition) is 2. The number of thioether (sulfide) groups is 1. The van der Waals surface area contributed by atoms with Crippen LogP contribution in [-0.4, -0.2) is 12.2 Å². The van der Waals surface area contributed by atoms with Gasteiger partial charge in [-0.25, -0.2) is 0 Å². The number of carbonyl (C=O) groups is 1. The summed E-state index contributed by atoms with van der Waals surface area (Å²) in [4.78, 5) is 13.8. The summed E-state index contributed by atoms with van der Waals surface area (Å²) in [5.41, 5.74) is 1.53. The minimum absolute atomic E-state index is 0.0723. The van der Waals surface area contributed by atoms with Crippen molar-refractivity contribution in [2.45, 2.75) is 23.2 Å². The number of anilines is 1. The van der Waals surface area contributed by atoms with Gasteiger partial charge in [-0.3, -0.25) is 4.79 Å². The fraction of sp³-hybridized carbons (Fsp3) is 0.235. The quantitative estimate of drug-likeness (QED) is 0.826. The van der Waals surface area contributed by atoms with E-state index in [-0.39, 0.29) is 11.3 Å². The fourth-order valence-corrected chi connectivity index (χ4v) is 3.08. The van der Waals surface area contributed by atoms with Gasteiger partial charge in [-0.15, -0.1) is 11.8 Å². The standard InChI is InChI=1S/C17H16ClNOS/c1-21-15-4-2-3-14(11-15)19-16(20)17(9-10-17)12-5-7-13(18)8-6-12/h2-8,11H,9-10H2,1H3,(H,19,20). The smallest absolute Gasteiger partial charge is 0.235 e. The van der Waals surface area contributed by atoms with Crippen LogP contribution in [0.5, 0.6) is 0 Å². The van der Waals surface area contributed by atoms with Crippen LogP contribution in [0.15, 0.2) is 53.4 Å². The lowest BCUT2D eigenvalue weighted by Crippen LogP contribution is -2.27. The molecule has 0 bridgehead atoms. The van der Waals surface area contributed by atoms with Crippen LogP contribution >= 0.6 is 23.4 Å². The van der Waals surface area contributed by atoms with Gasteiger partial charge in [0, 0.05) is 15.6 Å². The zero-order chi connectivity index (χ0) is 14.9. The number of amides is 1. The number of rotatable bonds is 4. The summed E-state index contributed by atoms with van der Waals surface area (Å²) in [6.45, 7) is 0. The second-order valence-corrected chi connectivity index (χ2v) is 6.59. The molecule has 108 valence electrons. The largest absolute Gasteiger partial charge is 0.325 e. The van der Waals surface area contributed by atoms with Crippen molar-refractivity contribution < 1.29 is 4.79 Å². The van der Waals surface area contributed by atoms with Gasteiger partial charge in [-0.05, 0) is 55.0 Å². The van der Waals surface area contributed by atoms with Crippen molar-refractivity contribution in [1.82, 2.24) is 0 Å². The Bertz CT molecular complexity index is 665. The molecule has 1 N–H and O–H groups in total. The maximum absolute atomic E-state index is 12.6. The molecule has 1 aliphatic carbocycles. The van der Waals surface area contributed by atoms with E-state index in [4.69, 9.17) is 11.6 Å². The van der Waals surface area contributed by atoms with E-state index in [0.29, 0.717) is 5.02 Å². The summed E-state index contributed by atoms with van der Waals surface area (Å²) in [6.07, 6.45) is 3.81. The van der Waals surface area contributed by atoms with Crippen LogP contribution in [0.3, 0.4) is 0 Å². The summed E-state index contributed by atoms with van der Waals surface area (Å²) < 4.78 is 0. The van der Waals surface area contributed by atoms with E-state index in [1.54, 1.807) is 11.8 Å². The van der Waals surface area contributed by atoms with Crippen molar-refractivity contribution in [3.63, 3.8) is 0 Å². The third-order valence-electron chi connectivity index (χ3n) is 3.91. The lowest BCUT2D eigenvalue weighted by atomic mass is 9.95. The van der Waals surface area contributed by atoms with Gasteiger partial charge >= 0.3 is 0 Å². The highest BCUT2D eigenvalue weighted by molar-refractivity contribution is 7.98. The Morgan fingerprint density at radius 3 is 2.52 bits per heavy atom. The van der Waals surface area contributed by atoms with E-state index >= 15 is 0 Å². The van der Waals surface area contributed by atoms with Crippen LogP contribution in [0.4, 0.5) is 5.69 Å². The van der Waals surface area contributed by atoms with Gasteiger partial charge in [0.15, 0.2) is 0 Å². The first kappa shape index (κ1) is 14.5. The maximum atomic E-state index is 12.6. The molecule has 4 heteroatoms. The van der Waals surface area contributed by atoms with Crippen LogP contribution < -0.4 is 5.32 Å². The van der Waals surface area contributed by atoms with Gasteiger partial charge in [0.25, 0.3) is 0 Å². The van der Waals surface area contributed by atoms with Gasteiger partial charge in [-0.1, -0.05) is 29.8 Å². The van der Waals surface area contributed by atoms with Gasteiger partial charge in [0.05, 0.1) is 5.41 Å². The van der Waals surface area contributed by atoms with E-state index in [1.165, 1.54) is 0 Å². The lowest BCUT2D eigenvalue weighted by molar-refractivity contribution is -0.118. The molecule has 2 aromatic carbocycles. The monoisotopic (exact) mass is 317 g/mol. The Labute approximate surface area is 133 Å². The third-order valence-corrected chi connectivity index (χ3v) is 4.89. The van der Waals surface area contributed by atoms with E-state index < -0.39 is 0 Å². The Morgan fingerprint density at radius 1 is 1.19 bits per heavy atom. The van der Waals surface area contributed by atoms with Crippen molar-refractivity contribution >= 4 is 35.0 Å². The van der Waals surface area contributed by atoms with Gasteiger partial charge in [-0.2, -0.15) is 0 Å². The molecule has 1 amide bonds. The van der Waals surface area contributed by atoms with Crippen molar-refractivity contribution in [1.29, 1.82) is 0 Å². The second-order valence-electron chi connectivity index (χ2n) is 5.28.